The Labute approximate surface area is 179 Å². The lowest BCUT2D eigenvalue weighted by atomic mass is 10.1. The van der Waals surface area contributed by atoms with Crippen LogP contribution < -0.4 is 0 Å². The quantitative estimate of drug-likeness (QED) is 0.585. The number of hydrogen-bond acceptors (Lipinski definition) is 6. The molecule has 4 rings (SSSR count). The molecular formula is C21H22N2O3S3. The molecule has 1 fully saturated rings. The normalized spacial score (nSPS) is 18.1. The second kappa shape index (κ2) is 8.01. The lowest BCUT2D eigenvalue weighted by molar-refractivity contribution is 0.0678. The van der Waals surface area contributed by atoms with Crippen LogP contribution in [-0.4, -0.2) is 41.8 Å². The van der Waals surface area contributed by atoms with Crippen LogP contribution in [0, 0.1) is 13.8 Å². The molecule has 1 saturated heterocycles. The number of benzene rings is 1. The predicted octanol–water partition coefficient (Wildman–Crippen LogP) is 4.32. The number of thiazole rings is 1. The molecule has 0 spiro atoms. The van der Waals surface area contributed by atoms with E-state index in [1.807, 2.05) is 55.6 Å². The molecule has 1 aliphatic rings. The Hall–Kier alpha value is -2.03. The van der Waals surface area contributed by atoms with Gasteiger partial charge in [0.1, 0.15) is 5.69 Å². The summed E-state index contributed by atoms with van der Waals surface area (Å²) in [7, 11) is -3.11. The molecule has 0 radical (unpaired) electrons. The second-order valence-electron chi connectivity index (χ2n) is 7.29. The van der Waals surface area contributed by atoms with Gasteiger partial charge in [-0.1, -0.05) is 30.3 Å². The number of hydrogen-bond donors (Lipinski definition) is 0. The molecule has 1 atom stereocenters. The average molecular weight is 447 g/mol. The summed E-state index contributed by atoms with van der Waals surface area (Å²) in [5.41, 5.74) is 2.48. The Balaban J connectivity index is 1.73. The van der Waals surface area contributed by atoms with Gasteiger partial charge in [0.2, 0.25) is 0 Å². The summed E-state index contributed by atoms with van der Waals surface area (Å²) < 4.78 is 24.2. The number of thiophene rings is 1. The van der Waals surface area contributed by atoms with E-state index in [1.54, 1.807) is 16.2 Å². The van der Waals surface area contributed by atoms with E-state index in [0.29, 0.717) is 18.7 Å². The summed E-state index contributed by atoms with van der Waals surface area (Å²) in [4.78, 5) is 21.9. The number of sulfone groups is 1. The Bertz CT molecular complexity index is 1130. The summed E-state index contributed by atoms with van der Waals surface area (Å²) in [6.07, 6.45) is 0.474. The Kier molecular flexibility index (Phi) is 5.59. The first-order valence-corrected chi connectivity index (χ1v) is 12.9. The standard InChI is InChI=1S/C21H22N2O3S3/c1-14-8-10-27-18(14)12-23(17-9-11-29(25,26)13-17)21(24)19-20(28-15(2)22-19)16-6-4-3-5-7-16/h3-8,10,17H,9,11-13H2,1-2H3. The molecule has 5 nitrogen and oxygen atoms in total. The Morgan fingerprint density at radius 2 is 1.97 bits per heavy atom. The van der Waals surface area contributed by atoms with Crippen LogP contribution in [-0.2, 0) is 16.4 Å². The van der Waals surface area contributed by atoms with Crippen molar-refractivity contribution >= 4 is 38.4 Å². The van der Waals surface area contributed by atoms with E-state index < -0.39 is 9.84 Å². The second-order valence-corrected chi connectivity index (χ2v) is 11.7. The SMILES string of the molecule is Cc1nc(C(=O)N(Cc2sccc2C)C2CCS(=O)(=O)C2)c(-c2ccccc2)s1. The molecule has 1 aromatic carbocycles. The van der Waals surface area contributed by atoms with Crippen LogP contribution in [0.3, 0.4) is 0 Å². The number of carbonyl (C=O) groups excluding carboxylic acids is 1. The fraction of sp³-hybridized carbons (Fsp3) is 0.333. The molecule has 3 heterocycles. The van der Waals surface area contributed by atoms with Crippen LogP contribution >= 0.6 is 22.7 Å². The summed E-state index contributed by atoms with van der Waals surface area (Å²) in [5.74, 6) is -0.0393. The maximum absolute atomic E-state index is 13.7. The van der Waals surface area contributed by atoms with E-state index in [2.05, 4.69) is 4.98 Å². The number of nitrogens with zero attached hydrogens (tertiary/aromatic N) is 2. The lowest BCUT2D eigenvalue weighted by Gasteiger charge is -2.28. The minimum atomic E-state index is -3.11. The first-order chi connectivity index (χ1) is 13.8. The van der Waals surface area contributed by atoms with E-state index in [-0.39, 0.29) is 23.5 Å². The molecule has 1 amide bonds. The molecule has 2 aromatic heterocycles. The third-order valence-corrected chi connectivity index (χ3v) is 8.94. The van der Waals surface area contributed by atoms with Crippen molar-refractivity contribution in [3.8, 4) is 10.4 Å². The molecule has 3 aromatic rings. The van der Waals surface area contributed by atoms with Gasteiger partial charge in [-0.3, -0.25) is 4.79 Å². The molecule has 0 N–H and O–H groups in total. The van der Waals surface area contributed by atoms with Crippen molar-refractivity contribution in [1.82, 2.24) is 9.88 Å². The predicted molar refractivity (Wildman–Crippen MR) is 118 cm³/mol. The van der Waals surface area contributed by atoms with E-state index in [4.69, 9.17) is 0 Å². The molecular weight excluding hydrogens is 424 g/mol. The van der Waals surface area contributed by atoms with Crippen LogP contribution in [0.15, 0.2) is 41.8 Å². The van der Waals surface area contributed by atoms with Crippen molar-refractivity contribution in [1.29, 1.82) is 0 Å². The largest absolute Gasteiger partial charge is 0.328 e. The fourth-order valence-electron chi connectivity index (χ4n) is 3.60. The molecule has 0 bridgehead atoms. The third-order valence-electron chi connectivity index (χ3n) is 5.16. The highest BCUT2D eigenvalue weighted by atomic mass is 32.2. The van der Waals surface area contributed by atoms with Gasteiger partial charge in [0.05, 0.1) is 27.9 Å². The third kappa shape index (κ3) is 4.29. The number of aromatic nitrogens is 1. The van der Waals surface area contributed by atoms with E-state index in [0.717, 1.165) is 25.9 Å². The topological polar surface area (TPSA) is 67.3 Å². The monoisotopic (exact) mass is 446 g/mol. The average Bonchev–Trinajstić information content (AvgIpc) is 3.38. The van der Waals surface area contributed by atoms with Gasteiger partial charge in [0.15, 0.2) is 9.84 Å². The van der Waals surface area contributed by atoms with Crippen LogP contribution in [0.4, 0.5) is 0 Å². The molecule has 1 aliphatic heterocycles. The van der Waals surface area contributed by atoms with Crippen LogP contribution in [0.2, 0.25) is 0 Å². The summed E-state index contributed by atoms with van der Waals surface area (Å²) >= 11 is 3.09. The smallest absolute Gasteiger partial charge is 0.274 e. The van der Waals surface area contributed by atoms with Crippen molar-refractivity contribution in [2.75, 3.05) is 11.5 Å². The fourth-order valence-corrected chi connectivity index (χ4v) is 7.15. The van der Waals surface area contributed by atoms with Gasteiger partial charge in [0, 0.05) is 10.9 Å². The van der Waals surface area contributed by atoms with Crippen molar-refractivity contribution in [2.45, 2.75) is 32.9 Å². The van der Waals surface area contributed by atoms with Gasteiger partial charge in [-0.15, -0.1) is 22.7 Å². The summed E-state index contributed by atoms with van der Waals surface area (Å²) in [6, 6.07) is 11.5. The van der Waals surface area contributed by atoms with Crippen LogP contribution in [0.1, 0.15) is 32.4 Å². The van der Waals surface area contributed by atoms with Crippen molar-refractivity contribution in [2.24, 2.45) is 0 Å². The maximum Gasteiger partial charge on any atom is 0.274 e. The van der Waals surface area contributed by atoms with Gasteiger partial charge in [0.25, 0.3) is 5.91 Å². The van der Waals surface area contributed by atoms with Gasteiger partial charge < -0.3 is 4.90 Å². The number of rotatable bonds is 5. The van der Waals surface area contributed by atoms with Gasteiger partial charge in [-0.25, -0.2) is 13.4 Å². The number of carbonyl (C=O) groups is 1. The van der Waals surface area contributed by atoms with Gasteiger partial charge in [-0.05, 0) is 42.8 Å². The number of aryl methyl sites for hydroxylation is 2. The van der Waals surface area contributed by atoms with Crippen molar-refractivity contribution in [3.63, 3.8) is 0 Å². The summed E-state index contributed by atoms with van der Waals surface area (Å²) in [5, 5.41) is 2.82. The van der Waals surface area contributed by atoms with E-state index in [9.17, 15) is 13.2 Å². The minimum Gasteiger partial charge on any atom is -0.328 e. The summed E-state index contributed by atoms with van der Waals surface area (Å²) in [6.45, 7) is 4.32. The zero-order valence-electron chi connectivity index (χ0n) is 16.3. The molecule has 0 aliphatic carbocycles. The zero-order valence-corrected chi connectivity index (χ0v) is 18.7. The van der Waals surface area contributed by atoms with E-state index in [1.165, 1.54) is 11.3 Å². The molecule has 152 valence electrons. The lowest BCUT2D eigenvalue weighted by Crippen LogP contribution is -2.41. The van der Waals surface area contributed by atoms with E-state index >= 15 is 0 Å². The molecule has 8 heteroatoms. The highest BCUT2D eigenvalue weighted by Crippen LogP contribution is 2.33. The first kappa shape index (κ1) is 20.3. The molecule has 0 saturated carbocycles. The van der Waals surface area contributed by atoms with Gasteiger partial charge >= 0.3 is 0 Å². The molecule has 29 heavy (non-hydrogen) atoms. The molecule has 1 unspecified atom stereocenters. The van der Waals surface area contributed by atoms with Crippen LogP contribution in [0.5, 0.6) is 0 Å². The van der Waals surface area contributed by atoms with Gasteiger partial charge in [-0.2, -0.15) is 0 Å². The number of amides is 1. The van der Waals surface area contributed by atoms with Crippen LogP contribution in [0.25, 0.3) is 10.4 Å². The zero-order chi connectivity index (χ0) is 20.6. The van der Waals surface area contributed by atoms with Crippen molar-refractivity contribution in [3.05, 3.63) is 62.9 Å². The Morgan fingerprint density at radius 3 is 2.59 bits per heavy atom. The first-order valence-electron chi connectivity index (χ1n) is 9.41. The minimum absolute atomic E-state index is 0.0208. The highest BCUT2D eigenvalue weighted by Gasteiger charge is 2.37. The van der Waals surface area contributed by atoms with Crippen molar-refractivity contribution < 1.29 is 13.2 Å². The maximum atomic E-state index is 13.7. The Morgan fingerprint density at radius 1 is 1.21 bits per heavy atom. The highest BCUT2D eigenvalue weighted by molar-refractivity contribution is 7.91.